The number of benzene rings is 1. The Hall–Kier alpha value is -2.96. The molecule has 1 aromatic carbocycles. The van der Waals surface area contributed by atoms with Gasteiger partial charge in [-0.05, 0) is 19.1 Å². The molecule has 21 heavy (non-hydrogen) atoms. The number of hydrogen-bond donors (Lipinski definition) is 1. The summed E-state index contributed by atoms with van der Waals surface area (Å²) in [6, 6.07) is 6.70. The number of nitrogens with one attached hydrogen (secondary N) is 1. The Labute approximate surface area is 118 Å². The summed E-state index contributed by atoms with van der Waals surface area (Å²) in [7, 11) is 1.32. The number of carbonyl (C=O) groups is 1. The lowest BCUT2D eigenvalue weighted by atomic mass is 10.1. The zero-order chi connectivity index (χ0) is 15.0. The van der Waals surface area contributed by atoms with E-state index in [9.17, 15) is 9.59 Å². The molecule has 0 radical (unpaired) electrons. The number of fused-ring (bicyclic) bond motifs is 1. The number of nitrogens with zero attached hydrogens (tertiary/aromatic N) is 2. The highest BCUT2D eigenvalue weighted by molar-refractivity contribution is 5.94. The molecule has 0 saturated heterocycles. The van der Waals surface area contributed by atoms with Crippen LogP contribution in [0.1, 0.15) is 16.1 Å². The average molecular weight is 285 g/mol. The third kappa shape index (κ3) is 2.08. The van der Waals surface area contributed by atoms with Crippen molar-refractivity contribution in [1.29, 1.82) is 0 Å². The molecule has 0 saturated carbocycles. The second kappa shape index (κ2) is 4.86. The molecule has 1 N–H and O–H groups in total. The largest absolute Gasteiger partial charge is 0.465 e. The summed E-state index contributed by atoms with van der Waals surface area (Å²) in [6.45, 7) is 1.71. The predicted molar refractivity (Wildman–Crippen MR) is 73.9 cm³/mol. The summed E-state index contributed by atoms with van der Waals surface area (Å²) in [5.74, 6) is 0.0953. The first-order valence-electron chi connectivity index (χ1n) is 6.15. The number of methoxy groups -OCH3 is 1. The predicted octanol–water partition coefficient (Wildman–Crippen LogP) is 1.67. The lowest BCUT2D eigenvalue weighted by Gasteiger charge is -2.03. The van der Waals surface area contributed by atoms with Crippen molar-refractivity contribution in [3.8, 4) is 11.3 Å². The molecule has 0 aliphatic rings. The third-order valence-electron chi connectivity index (χ3n) is 3.16. The van der Waals surface area contributed by atoms with Crippen molar-refractivity contribution in [2.75, 3.05) is 7.11 Å². The average Bonchev–Trinajstić information content (AvgIpc) is 2.90. The molecule has 2 heterocycles. The molecular formula is C14H11N3O4. The Morgan fingerprint density at radius 1 is 1.29 bits per heavy atom. The van der Waals surface area contributed by atoms with Crippen LogP contribution in [0, 0.1) is 6.92 Å². The van der Waals surface area contributed by atoms with Gasteiger partial charge in [0.25, 0.3) is 5.56 Å². The molecule has 0 amide bonds. The van der Waals surface area contributed by atoms with E-state index in [-0.39, 0.29) is 5.52 Å². The summed E-state index contributed by atoms with van der Waals surface area (Å²) in [6.07, 6.45) is 0. The Balaban J connectivity index is 2.17. The number of aromatic amines is 1. The van der Waals surface area contributed by atoms with Crippen molar-refractivity contribution in [3.05, 3.63) is 45.9 Å². The van der Waals surface area contributed by atoms with Crippen LogP contribution in [0.5, 0.6) is 0 Å². The molecule has 0 spiro atoms. The molecule has 3 rings (SSSR count). The van der Waals surface area contributed by atoms with E-state index in [1.165, 1.54) is 7.11 Å². The standard InChI is InChI=1S/C14H11N3O4/c1-7-10-11(15-16-13(18)12(10)17-21-7)8-3-5-9(6-4-8)14(19)20-2/h3-6H,1-2H3,(H,16,18). The van der Waals surface area contributed by atoms with E-state index in [2.05, 4.69) is 20.1 Å². The number of esters is 1. The molecule has 0 unspecified atom stereocenters. The van der Waals surface area contributed by atoms with Gasteiger partial charge >= 0.3 is 5.97 Å². The lowest BCUT2D eigenvalue weighted by Crippen LogP contribution is -2.09. The second-order valence-corrected chi connectivity index (χ2v) is 4.43. The molecule has 7 nitrogen and oxygen atoms in total. The number of rotatable bonds is 2. The number of aryl methyl sites for hydroxylation is 1. The van der Waals surface area contributed by atoms with Crippen LogP contribution >= 0.6 is 0 Å². The molecule has 0 bridgehead atoms. The lowest BCUT2D eigenvalue weighted by molar-refractivity contribution is 0.0601. The van der Waals surface area contributed by atoms with Crippen LogP contribution in [0.2, 0.25) is 0 Å². The van der Waals surface area contributed by atoms with Crippen LogP contribution in [0.25, 0.3) is 22.2 Å². The first-order chi connectivity index (χ1) is 10.1. The minimum Gasteiger partial charge on any atom is -0.465 e. The van der Waals surface area contributed by atoms with Crippen LogP contribution in [-0.2, 0) is 4.74 Å². The third-order valence-corrected chi connectivity index (χ3v) is 3.16. The normalized spacial score (nSPS) is 10.8. The maximum Gasteiger partial charge on any atom is 0.337 e. The fourth-order valence-electron chi connectivity index (χ4n) is 2.11. The molecule has 106 valence electrons. The van der Waals surface area contributed by atoms with E-state index in [4.69, 9.17) is 4.52 Å². The van der Waals surface area contributed by atoms with Gasteiger partial charge in [0.15, 0.2) is 5.52 Å². The fraction of sp³-hybridized carbons (Fsp3) is 0.143. The van der Waals surface area contributed by atoms with Crippen molar-refractivity contribution in [1.82, 2.24) is 15.4 Å². The van der Waals surface area contributed by atoms with E-state index < -0.39 is 11.5 Å². The zero-order valence-electron chi connectivity index (χ0n) is 11.3. The second-order valence-electron chi connectivity index (χ2n) is 4.43. The summed E-state index contributed by atoms with van der Waals surface area (Å²) in [4.78, 5) is 23.1. The topological polar surface area (TPSA) is 98.1 Å². The van der Waals surface area contributed by atoms with Crippen molar-refractivity contribution in [2.45, 2.75) is 6.92 Å². The fourth-order valence-corrected chi connectivity index (χ4v) is 2.11. The van der Waals surface area contributed by atoms with Gasteiger partial charge in [-0.15, -0.1) is 0 Å². The Bertz CT molecular complexity index is 877. The van der Waals surface area contributed by atoms with Gasteiger partial charge in [-0.2, -0.15) is 5.10 Å². The van der Waals surface area contributed by atoms with Crippen molar-refractivity contribution in [3.63, 3.8) is 0 Å². The number of hydrogen-bond acceptors (Lipinski definition) is 6. The van der Waals surface area contributed by atoms with Crippen molar-refractivity contribution >= 4 is 16.9 Å². The molecule has 7 heteroatoms. The maximum atomic E-state index is 11.7. The van der Waals surface area contributed by atoms with E-state index in [0.717, 1.165) is 5.56 Å². The van der Waals surface area contributed by atoms with E-state index >= 15 is 0 Å². The summed E-state index contributed by atoms with van der Waals surface area (Å²) >= 11 is 0. The van der Waals surface area contributed by atoms with Gasteiger partial charge in [0, 0.05) is 5.56 Å². The van der Waals surface area contributed by atoms with Crippen LogP contribution in [0.15, 0.2) is 33.6 Å². The van der Waals surface area contributed by atoms with Gasteiger partial charge < -0.3 is 9.26 Å². The van der Waals surface area contributed by atoms with Crippen molar-refractivity contribution < 1.29 is 14.1 Å². The van der Waals surface area contributed by atoms with E-state index in [1.807, 2.05) is 0 Å². The van der Waals surface area contributed by atoms with Gasteiger partial charge in [0.1, 0.15) is 11.5 Å². The number of aromatic nitrogens is 3. The van der Waals surface area contributed by atoms with Gasteiger partial charge in [-0.3, -0.25) is 4.79 Å². The molecule has 0 fully saturated rings. The molecule has 3 aromatic rings. The SMILES string of the molecule is COC(=O)c1ccc(-c2n[nH]c(=O)c3noc(C)c23)cc1. The van der Waals surface area contributed by atoms with Crippen LogP contribution in [0.3, 0.4) is 0 Å². The highest BCUT2D eigenvalue weighted by Gasteiger charge is 2.16. The van der Waals surface area contributed by atoms with Crippen molar-refractivity contribution in [2.24, 2.45) is 0 Å². The highest BCUT2D eigenvalue weighted by atomic mass is 16.5. The zero-order valence-corrected chi connectivity index (χ0v) is 11.3. The Morgan fingerprint density at radius 2 is 2.00 bits per heavy atom. The first kappa shape index (κ1) is 13.0. The molecular weight excluding hydrogens is 274 g/mol. The van der Waals surface area contributed by atoms with E-state index in [0.29, 0.717) is 22.4 Å². The highest BCUT2D eigenvalue weighted by Crippen LogP contribution is 2.26. The van der Waals surface area contributed by atoms with Gasteiger partial charge in [0.05, 0.1) is 18.1 Å². The molecule has 0 atom stereocenters. The van der Waals surface area contributed by atoms with E-state index in [1.54, 1.807) is 31.2 Å². The Kier molecular flexibility index (Phi) is 3.02. The van der Waals surface area contributed by atoms with Gasteiger partial charge in [-0.1, -0.05) is 17.3 Å². The monoisotopic (exact) mass is 285 g/mol. The van der Waals surface area contributed by atoms with Crippen LogP contribution in [0.4, 0.5) is 0 Å². The maximum absolute atomic E-state index is 11.7. The number of carbonyl (C=O) groups excluding carboxylic acids is 1. The van der Waals surface area contributed by atoms with Crippen LogP contribution in [-0.4, -0.2) is 28.4 Å². The summed E-state index contributed by atoms with van der Waals surface area (Å²) in [5.41, 5.74) is 1.50. The molecule has 0 aliphatic heterocycles. The van der Waals surface area contributed by atoms with Gasteiger partial charge in [-0.25, -0.2) is 9.89 Å². The molecule has 2 aromatic heterocycles. The Morgan fingerprint density at radius 3 is 2.67 bits per heavy atom. The minimum atomic E-state index is -0.415. The summed E-state index contributed by atoms with van der Waals surface area (Å²) < 4.78 is 9.70. The first-order valence-corrected chi connectivity index (χ1v) is 6.15. The quantitative estimate of drug-likeness (QED) is 0.719. The minimum absolute atomic E-state index is 0.203. The summed E-state index contributed by atoms with van der Waals surface area (Å²) in [5, 5.41) is 10.7. The smallest absolute Gasteiger partial charge is 0.337 e. The van der Waals surface area contributed by atoms with Crippen LogP contribution < -0.4 is 5.56 Å². The number of ether oxygens (including phenoxy) is 1. The molecule has 0 aliphatic carbocycles. The number of H-pyrrole nitrogens is 1. The van der Waals surface area contributed by atoms with Gasteiger partial charge in [0.2, 0.25) is 0 Å².